The Hall–Kier alpha value is -11.8. The van der Waals surface area contributed by atoms with Gasteiger partial charge in [-0.25, -0.2) is 29.4 Å². The van der Waals surface area contributed by atoms with Gasteiger partial charge in [0, 0.05) is 142 Å². The Kier molecular flexibility index (Phi) is 47.6. The number of hydrogen-bond acceptors (Lipinski definition) is 23. The Balaban J connectivity index is 0.000000380. The molecule has 7 N–H and O–H groups in total. The molecule has 0 radical (unpaired) electrons. The predicted octanol–water partition coefficient (Wildman–Crippen LogP) is 14.5. The van der Waals surface area contributed by atoms with Gasteiger partial charge in [-0.15, -0.1) is 11.3 Å². The lowest BCUT2D eigenvalue weighted by atomic mass is 9.88. The molecular formula is C110H157N13O20S. The number of aromatic nitrogens is 2. The topological polar surface area (TPSA) is 407 Å². The van der Waals surface area contributed by atoms with Gasteiger partial charge in [0.05, 0.1) is 88.2 Å². The van der Waals surface area contributed by atoms with E-state index >= 15 is 0 Å². The van der Waals surface area contributed by atoms with E-state index in [0.717, 1.165) is 73.4 Å². The van der Waals surface area contributed by atoms with E-state index in [-0.39, 0.29) is 187 Å². The van der Waals surface area contributed by atoms with Gasteiger partial charge in [-0.05, 0) is 152 Å². The molecule has 12 atom stereocenters. The summed E-state index contributed by atoms with van der Waals surface area (Å²) in [5.74, 6) is -5.14. The second-order valence-corrected chi connectivity index (χ2v) is 40.6. The molecule has 1 fully saturated rings. The van der Waals surface area contributed by atoms with Crippen LogP contribution in [0.3, 0.4) is 0 Å². The molecule has 1 aliphatic carbocycles. The number of ketones is 3. The molecule has 0 saturated carbocycles. The number of nitrogens with zero attached hydrogens (tertiary/aromatic N) is 7. The largest absolute Gasteiger partial charge is 0.460 e. The molecular weight excluding hydrogens is 1860 g/mol. The number of carbonyl (C=O) groups is 13. The third-order valence-electron chi connectivity index (χ3n) is 27.0. The molecule has 3 heterocycles. The van der Waals surface area contributed by atoms with Crippen LogP contribution in [-0.2, 0) is 113 Å². The molecule has 33 nitrogen and oxygen atoms in total. The van der Waals surface area contributed by atoms with Crippen LogP contribution < -0.4 is 32.3 Å². The predicted molar refractivity (Wildman–Crippen MR) is 554 cm³/mol. The maximum absolute atomic E-state index is 14.4. The molecule has 0 unspecified atom stereocenters. The van der Waals surface area contributed by atoms with Gasteiger partial charge in [0.2, 0.25) is 35.4 Å². The number of primary amides is 1. The number of nitrogens with two attached hydrogens (primary N) is 1. The smallest absolute Gasteiger partial charge is 0.424 e. The van der Waals surface area contributed by atoms with Crippen LogP contribution in [0, 0.1) is 35.5 Å². The van der Waals surface area contributed by atoms with Crippen LogP contribution in [0.5, 0.6) is 0 Å². The summed E-state index contributed by atoms with van der Waals surface area (Å²) in [5, 5.41) is 21.3. The third kappa shape index (κ3) is 35.0. The third-order valence-corrected chi connectivity index (χ3v) is 27.9. The highest BCUT2D eigenvalue weighted by Crippen LogP contribution is 2.45. The molecule has 1 saturated heterocycles. The van der Waals surface area contributed by atoms with Crippen LogP contribution in [-0.4, -0.2) is 261 Å². The molecule has 7 aromatic rings. The van der Waals surface area contributed by atoms with E-state index in [1.54, 1.807) is 72.2 Å². The van der Waals surface area contributed by atoms with E-state index < -0.39 is 95.9 Å². The molecule has 0 spiro atoms. The van der Waals surface area contributed by atoms with Crippen molar-refractivity contribution in [3.63, 3.8) is 0 Å². The number of urea groups is 1. The SMILES string of the molecule is CC[C@H](C)[C@@H]([C@@H](CC(=O)N1CCC[C@H]1[C@H](OC)[C@@H](C)C(=O)N[C@@H](Cc1ccccc1)c1nccs1)OC)N(C)C(=O)[C@@H](NC(=O)[C@H](C(C)C)N(C)C(=O)OC)C(C)C.CCc1ccc(CC(=O)[C@H](CCCNC(N)=O)NC(=O)[C@@H](CC(=O)CCOCCOCCCC(=O)[C@H](CCC(=O)OC(C)(C)C)NC(=O)CCn2c(CN(C)N(C)C(=O)OCC3c4ccccc4-c4ccccc43)cc3ccccc32)C(C)C)cc1. The molecule has 2 aromatic heterocycles. The number of Topliss-reactive ketones (excluding diaryl/α,β-unsaturated/α-hetero) is 3. The van der Waals surface area contributed by atoms with Crippen molar-refractivity contribution in [3.05, 3.63) is 184 Å². The molecule has 10 amide bonds. The van der Waals surface area contributed by atoms with Crippen LogP contribution in [0.25, 0.3) is 22.0 Å². The fourth-order valence-corrected chi connectivity index (χ4v) is 19.5. The molecule has 0 bridgehead atoms. The van der Waals surface area contributed by atoms with Gasteiger partial charge in [0.1, 0.15) is 35.1 Å². The number of ether oxygens (including phenoxy) is 7. The number of esters is 1. The number of hydrazine groups is 1. The number of fused-ring (bicyclic) bond motifs is 4. The van der Waals surface area contributed by atoms with Crippen molar-refractivity contribution in [2.75, 3.05) is 95.6 Å². The second-order valence-electron chi connectivity index (χ2n) is 39.6. The number of para-hydroxylation sites is 1. The number of methoxy groups -OCH3 is 3. The average molecular weight is 2010 g/mol. The van der Waals surface area contributed by atoms with Gasteiger partial charge in [-0.1, -0.05) is 197 Å². The maximum atomic E-state index is 14.4. The van der Waals surface area contributed by atoms with Gasteiger partial charge in [-0.2, -0.15) is 0 Å². The van der Waals surface area contributed by atoms with Crippen molar-refractivity contribution >= 4 is 99.2 Å². The summed E-state index contributed by atoms with van der Waals surface area (Å²) in [6, 6.07) is 38.5. The van der Waals surface area contributed by atoms with E-state index in [4.69, 9.17) is 38.9 Å². The first-order valence-corrected chi connectivity index (χ1v) is 51.5. The zero-order chi connectivity index (χ0) is 106. The normalized spacial score (nSPS) is 15.2. The molecule has 1 aliphatic heterocycles. The fourth-order valence-electron chi connectivity index (χ4n) is 18.8. The van der Waals surface area contributed by atoms with Crippen LogP contribution in [0.1, 0.15) is 224 Å². The lowest BCUT2D eigenvalue weighted by Gasteiger charge is -2.41. The van der Waals surface area contributed by atoms with Crippen molar-refractivity contribution in [2.24, 2.45) is 41.2 Å². The van der Waals surface area contributed by atoms with Crippen LogP contribution in [0.2, 0.25) is 0 Å². The van der Waals surface area contributed by atoms with Crippen LogP contribution >= 0.6 is 11.3 Å². The van der Waals surface area contributed by atoms with Gasteiger partial charge in [0.25, 0.3) is 0 Å². The number of likely N-dealkylation sites (N-methyl/N-ethyl adjacent to an activating group) is 2. The number of rotatable bonds is 57. The zero-order valence-electron chi connectivity index (χ0n) is 88.1. The summed E-state index contributed by atoms with van der Waals surface area (Å²) in [6.45, 7) is 26.5. The summed E-state index contributed by atoms with van der Waals surface area (Å²) in [4.78, 5) is 183. The Bertz CT molecular complexity index is 5270. The van der Waals surface area contributed by atoms with Gasteiger partial charge >= 0.3 is 24.2 Å². The molecule has 788 valence electrons. The first kappa shape index (κ1) is 117. The van der Waals surface area contributed by atoms with Gasteiger partial charge in [-0.3, -0.25) is 52.8 Å². The first-order chi connectivity index (χ1) is 68.6. The highest BCUT2D eigenvalue weighted by Gasteiger charge is 2.45. The Morgan fingerprint density at radius 2 is 1.26 bits per heavy atom. The molecule has 144 heavy (non-hydrogen) atoms. The number of aryl methyl sites for hydroxylation is 2. The van der Waals surface area contributed by atoms with Gasteiger partial charge < -0.3 is 79.8 Å². The minimum atomic E-state index is -0.954. The number of benzene rings is 5. The van der Waals surface area contributed by atoms with Crippen molar-refractivity contribution in [2.45, 2.75) is 272 Å². The van der Waals surface area contributed by atoms with E-state index in [0.29, 0.717) is 45.2 Å². The number of nitrogens with one attached hydrogen (secondary N) is 5. The lowest BCUT2D eigenvalue weighted by Crippen LogP contribution is -2.60. The number of hydrogen-bond donors (Lipinski definition) is 6. The zero-order valence-corrected chi connectivity index (χ0v) is 88.9. The summed E-state index contributed by atoms with van der Waals surface area (Å²) >= 11 is 1.49. The fraction of sp³-hybridized carbons (Fsp3) is 0.564. The summed E-state index contributed by atoms with van der Waals surface area (Å²) in [6.07, 6.45) is 4.15. The summed E-state index contributed by atoms with van der Waals surface area (Å²) in [5.41, 5.74) is 13.8. The minimum absolute atomic E-state index is 0.00210. The van der Waals surface area contributed by atoms with Gasteiger partial charge in [0.15, 0.2) is 11.6 Å². The van der Waals surface area contributed by atoms with Crippen molar-refractivity contribution in [1.82, 2.24) is 60.9 Å². The van der Waals surface area contributed by atoms with E-state index in [2.05, 4.69) is 62.8 Å². The highest BCUT2D eigenvalue weighted by atomic mass is 32.1. The number of carbonyl (C=O) groups excluding carboxylic acids is 13. The molecule has 5 aromatic carbocycles. The average Bonchev–Trinajstić information content (AvgIpc) is 1.62. The first-order valence-electron chi connectivity index (χ1n) is 50.6. The Morgan fingerprint density at radius 1 is 0.618 bits per heavy atom. The summed E-state index contributed by atoms with van der Waals surface area (Å²) < 4.78 is 41.9. The van der Waals surface area contributed by atoms with E-state index in [1.165, 1.54) is 35.4 Å². The van der Waals surface area contributed by atoms with E-state index in [9.17, 15) is 62.3 Å². The van der Waals surface area contributed by atoms with Crippen LogP contribution in [0.4, 0.5) is 14.4 Å². The number of amides is 10. The Labute approximate surface area is 854 Å². The minimum Gasteiger partial charge on any atom is -0.460 e. The monoisotopic (exact) mass is 2010 g/mol. The van der Waals surface area contributed by atoms with Crippen LogP contribution in [0.15, 0.2) is 145 Å². The van der Waals surface area contributed by atoms with Crippen molar-refractivity contribution in [3.8, 4) is 11.1 Å². The standard InChI is InChI=1S/C67H89N7O12.C43H68N6O8S/c1-9-46-26-28-47(29-27-46)40-61(77)57(23-16-34-69-65(68)81)71-64(80)55(45(2)3)42-50(75)33-37-84-39-38-83-36-17-25-60(76)58(30-31-63(79)86-67(4,5)6)70-62(78)32-35-74-49(41-48-18-10-15-24-59(48)74)43-72(7)73(8)66(82)85-44-56-53-21-13-11-19-51(53)52-20-12-14-22-54(52)56;1-13-28(6)37(47(8)42(53)35(26(2)3)46-40(52)36(27(4)5)48(9)43(54)57-12)33(55-10)25-34(50)49-22-17-20-32(49)38(56-11)29(7)39(51)45-31(41-44-21-23-58-41)24-30-18-15-14-16-19-30/h10-15,18-22,24,26-29,41,45,55-58H,9,16-17,23,25,30-40,42-44H2,1-8H3,(H,70,78)(H,71,80)(H3,68,69,81);14-16,18-19,21,23,26-29,31-33,35-38H,13,17,20,22,24-25H2,1-12H3,(H,45,51)(H,46,52)/t55-,57-,58-;28-,29+,31-,32-,33+,35-,36-,37-,38+/m00/s1. The number of thiazole rings is 1. The highest BCUT2D eigenvalue weighted by molar-refractivity contribution is 7.09. The quantitative estimate of drug-likeness (QED) is 0.00892. The molecule has 2 aliphatic rings. The summed E-state index contributed by atoms with van der Waals surface area (Å²) in [7, 11) is 11.0. The van der Waals surface area contributed by atoms with Crippen molar-refractivity contribution < 1.29 is 95.5 Å². The number of likely N-dealkylation sites (tertiary alicyclic amines) is 1. The lowest BCUT2D eigenvalue weighted by molar-refractivity contribution is -0.155. The second kappa shape index (κ2) is 58.4. The van der Waals surface area contributed by atoms with E-state index in [1.807, 2.05) is 186 Å². The molecule has 9 rings (SSSR count). The molecule has 34 heteroatoms. The maximum Gasteiger partial charge on any atom is 0.424 e. The van der Waals surface area contributed by atoms with Crippen molar-refractivity contribution in [1.29, 1.82) is 0 Å². The Morgan fingerprint density at radius 3 is 1.86 bits per heavy atom.